The minimum Gasteiger partial charge on any atom is -0.397 e. The Morgan fingerprint density at radius 1 is 1.56 bits per heavy atom. The van der Waals surface area contributed by atoms with Crippen molar-refractivity contribution in [2.75, 3.05) is 17.6 Å². The Bertz CT molecular complexity index is 450. The molecular formula is C14H20N4. The lowest BCUT2D eigenvalue weighted by Crippen LogP contribution is -2.21. The molecule has 0 saturated heterocycles. The minimum atomic E-state index is 0.527. The summed E-state index contributed by atoms with van der Waals surface area (Å²) in [6.07, 6.45) is 6.79. The number of pyridine rings is 1. The number of nitrogens with two attached hydrogens (primary N) is 1. The van der Waals surface area contributed by atoms with Gasteiger partial charge in [0.1, 0.15) is 11.9 Å². The first-order chi connectivity index (χ1) is 8.69. The van der Waals surface area contributed by atoms with Gasteiger partial charge in [-0.2, -0.15) is 5.26 Å². The van der Waals surface area contributed by atoms with Crippen LogP contribution in [0.25, 0.3) is 0 Å². The second-order valence-electron chi connectivity index (χ2n) is 5.30. The number of nitrogen functional groups attached to an aromatic ring is 1. The Hall–Kier alpha value is -1.76. The molecule has 0 amide bonds. The summed E-state index contributed by atoms with van der Waals surface area (Å²) in [6.45, 7) is 3.21. The second kappa shape index (κ2) is 5.72. The quantitative estimate of drug-likeness (QED) is 0.857. The average Bonchev–Trinajstić information content (AvgIpc) is 2.37. The largest absolute Gasteiger partial charge is 0.397 e. The van der Waals surface area contributed by atoms with Crippen molar-refractivity contribution in [1.82, 2.24) is 4.98 Å². The first-order valence-corrected chi connectivity index (χ1v) is 6.58. The summed E-state index contributed by atoms with van der Waals surface area (Å²) < 4.78 is 0. The molecule has 2 atom stereocenters. The first-order valence-electron chi connectivity index (χ1n) is 6.58. The van der Waals surface area contributed by atoms with Crippen molar-refractivity contribution in [3.8, 4) is 6.07 Å². The number of rotatable bonds is 3. The van der Waals surface area contributed by atoms with Crippen molar-refractivity contribution in [1.29, 1.82) is 5.26 Å². The Kier molecular flexibility index (Phi) is 4.03. The van der Waals surface area contributed by atoms with Gasteiger partial charge >= 0.3 is 0 Å². The van der Waals surface area contributed by atoms with Crippen LogP contribution in [0.15, 0.2) is 12.3 Å². The van der Waals surface area contributed by atoms with Crippen LogP contribution in [-0.4, -0.2) is 11.5 Å². The van der Waals surface area contributed by atoms with Gasteiger partial charge in [0, 0.05) is 6.54 Å². The van der Waals surface area contributed by atoms with Gasteiger partial charge in [-0.05, 0) is 30.7 Å². The number of anilines is 2. The molecule has 3 N–H and O–H groups in total. The predicted octanol–water partition coefficient (Wildman–Crippen LogP) is 2.77. The normalized spacial score (nSPS) is 23.3. The number of hydrogen-bond donors (Lipinski definition) is 2. The molecule has 0 aromatic carbocycles. The van der Waals surface area contributed by atoms with Crippen LogP contribution >= 0.6 is 0 Å². The minimum absolute atomic E-state index is 0.527. The zero-order chi connectivity index (χ0) is 13.0. The smallest absolute Gasteiger partial charge is 0.144 e. The van der Waals surface area contributed by atoms with E-state index in [1.54, 1.807) is 12.3 Å². The van der Waals surface area contributed by atoms with Crippen LogP contribution in [0.2, 0.25) is 0 Å². The van der Waals surface area contributed by atoms with Crippen molar-refractivity contribution in [2.24, 2.45) is 11.8 Å². The molecule has 1 saturated carbocycles. The maximum Gasteiger partial charge on any atom is 0.144 e. The maximum absolute atomic E-state index is 9.04. The van der Waals surface area contributed by atoms with E-state index in [0.717, 1.165) is 12.5 Å². The molecule has 4 heteroatoms. The third-order valence-electron chi connectivity index (χ3n) is 3.63. The fourth-order valence-corrected chi connectivity index (χ4v) is 2.69. The average molecular weight is 244 g/mol. The van der Waals surface area contributed by atoms with Gasteiger partial charge in [-0.25, -0.2) is 4.98 Å². The van der Waals surface area contributed by atoms with Crippen molar-refractivity contribution in [2.45, 2.75) is 32.6 Å². The molecule has 1 aliphatic rings. The molecule has 1 fully saturated rings. The molecule has 0 bridgehead atoms. The number of nitriles is 1. The van der Waals surface area contributed by atoms with E-state index in [4.69, 9.17) is 11.0 Å². The van der Waals surface area contributed by atoms with E-state index in [2.05, 4.69) is 23.3 Å². The molecule has 4 nitrogen and oxygen atoms in total. The zero-order valence-electron chi connectivity index (χ0n) is 10.8. The lowest BCUT2D eigenvalue weighted by molar-refractivity contribution is 0.293. The van der Waals surface area contributed by atoms with E-state index in [0.29, 0.717) is 23.0 Å². The van der Waals surface area contributed by atoms with E-state index in [9.17, 15) is 0 Å². The van der Waals surface area contributed by atoms with Gasteiger partial charge in [-0.15, -0.1) is 0 Å². The Morgan fingerprint density at radius 3 is 3.11 bits per heavy atom. The highest BCUT2D eigenvalue weighted by atomic mass is 15.0. The van der Waals surface area contributed by atoms with Crippen molar-refractivity contribution < 1.29 is 0 Å². The molecule has 2 rings (SSSR count). The summed E-state index contributed by atoms with van der Waals surface area (Å²) in [5.74, 6) is 2.17. The molecule has 1 heterocycles. The summed E-state index contributed by atoms with van der Waals surface area (Å²) in [7, 11) is 0. The second-order valence-corrected chi connectivity index (χ2v) is 5.30. The molecule has 1 aromatic rings. The fraction of sp³-hybridized carbons (Fsp3) is 0.571. The lowest BCUT2D eigenvalue weighted by atomic mass is 9.82. The van der Waals surface area contributed by atoms with Crippen LogP contribution in [0.4, 0.5) is 11.5 Å². The molecule has 0 spiro atoms. The third-order valence-corrected chi connectivity index (χ3v) is 3.63. The van der Waals surface area contributed by atoms with Crippen LogP contribution in [-0.2, 0) is 0 Å². The Balaban J connectivity index is 1.96. The van der Waals surface area contributed by atoms with Crippen LogP contribution in [0.3, 0.4) is 0 Å². The Labute approximate surface area is 108 Å². The summed E-state index contributed by atoms with van der Waals surface area (Å²) >= 11 is 0. The van der Waals surface area contributed by atoms with Gasteiger partial charge in [0.05, 0.1) is 17.4 Å². The molecule has 0 radical (unpaired) electrons. The van der Waals surface area contributed by atoms with Gasteiger partial charge < -0.3 is 11.1 Å². The fourth-order valence-electron chi connectivity index (χ4n) is 2.69. The molecule has 2 unspecified atom stereocenters. The van der Waals surface area contributed by atoms with E-state index < -0.39 is 0 Å². The topological polar surface area (TPSA) is 74.7 Å². The van der Waals surface area contributed by atoms with Crippen LogP contribution in [0.1, 0.15) is 38.2 Å². The monoisotopic (exact) mass is 244 g/mol. The number of aromatic nitrogens is 1. The number of nitrogens with zero attached hydrogens (tertiary/aromatic N) is 2. The van der Waals surface area contributed by atoms with Crippen LogP contribution < -0.4 is 11.1 Å². The maximum atomic E-state index is 9.04. The van der Waals surface area contributed by atoms with E-state index in [1.807, 2.05) is 0 Å². The summed E-state index contributed by atoms with van der Waals surface area (Å²) in [4.78, 5) is 4.19. The van der Waals surface area contributed by atoms with Gasteiger partial charge in [-0.1, -0.05) is 19.8 Å². The number of nitrogens with one attached hydrogen (secondary N) is 1. The highest BCUT2D eigenvalue weighted by Gasteiger charge is 2.19. The van der Waals surface area contributed by atoms with Gasteiger partial charge in [0.2, 0.25) is 0 Å². The highest BCUT2D eigenvalue weighted by molar-refractivity contribution is 5.57. The number of hydrogen-bond acceptors (Lipinski definition) is 4. The van der Waals surface area contributed by atoms with Crippen LogP contribution in [0.5, 0.6) is 0 Å². The highest BCUT2D eigenvalue weighted by Crippen LogP contribution is 2.28. The van der Waals surface area contributed by atoms with Crippen molar-refractivity contribution in [3.63, 3.8) is 0 Å². The van der Waals surface area contributed by atoms with E-state index in [-0.39, 0.29) is 0 Å². The first kappa shape index (κ1) is 12.7. The molecular weight excluding hydrogens is 224 g/mol. The summed E-state index contributed by atoms with van der Waals surface area (Å²) in [5, 5.41) is 12.3. The standard InChI is InChI=1S/C14H20N4/c1-10-3-2-4-11(5-10)8-17-14-12(7-15)6-13(16)9-18-14/h6,9-11H,2-5,8,16H2,1H3,(H,17,18). The molecule has 0 aliphatic heterocycles. The molecule has 18 heavy (non-hydrogen) atoms. The van der Waals surface area contributed by atoms with Gasteiger partial charge in [0.25, 0.3) is 0 Å². The zero-order valence-corrected chi connectivity index (χ0v) is 10.8. The third kappa shape index (κ3) is 3.13. The molecule has 1 aliphatic carbocycles. The van der Waals surface area contributed by atoms with Crippen LogP contribution in [0, 0.1) is 23.2 Å². The van der Waals surface area contributed by atoms with Gasteiger partial charge in [-0.3, -0.25) is 0 Å². The Morgan fingerprint density at radius 2 is 2.39 bits per heavy atom. The van der Waals surface area contributed by atoms with E-state index in [1.165, 1.54) is 25.7 Å². The predicted molar refractivity (Wildman–Crippen MR) is 73.0 cm³/mol. The van der Waals surface area contributed by atoms with Crippen molar-refractivity contribution in [3.05, 3.63) is 17.8 Å². The summed E-state index contributed by atoms with van der Waals surface area (Å²) in [6, 6.07) is 3.79. The molecule has 96 valence electrons. The molecule has 1 aromatic heterocycles. The van der Waals surface area contributed by atoms with Crippen molar-refractivity contribution >= 4 is 11.5 Å². The SMILES string of the molecule is CC1CCCC(CNc2ncc(N)cc2C#N)C1. The van der Waals surface area contributed by atoms with Gasteiger partial charge in [0.15, 0.2) is 0 Å². The lowest BCUT2D eigenvalue weighted by Gasteiger charge is -2.27. The summed E-state index contributed by atoms with van der Waals surface area (Å²) in [5.41, 5.74) is 6.68. The van der Waals surface area contributed by atoms with E-state index >= 15 is 0 Å².